The maximum absolute atomic E-state index is 6.49. The zero-order valence-electron chi connectivity index (χ0n) is 26.7. The monoisotopic (exact) mass is 606 g/mol. The third kappa shape index (κ3) is 4.36. The molecule has 0 aromatic heterocycles. The maximum atomic E-state index is 6.49. The van der Waals surface area contributed by atoms with Crippen molar-refractivity contribution >= 4 is 37.9 Å². The molecule has 1 nitrogen and oxygen atoms in total. The molecule has 1 heterocycles. The fourth-order valence-corrected chi connectivity index (χ4v) is 9.42. The normalized spacial score (nSPS) is 23.2. The molecule has 0 spiro atoms. The maximum Gasteiger partial charge on any atom is 0.131 e. The topological polar surface area (TPSA) is 9.23 Å². The third-order valence-electron chi connectivity index (χ3n) is 11.6. The van der Waals surface area contributed by atoms with Crippen LogP contribution in [0.4, 0.5) is 0 Å². The number of ether oxygens (including phenoxy) is 1. The van der Waals surface area contributed by atoms with Crippen LogP contribution in [0.2, 0.25) is 0 Å². The van der Waals surface area contributed by atoms with Crippen LogP contribution in [0.15, 0.2) is 150 Å². The summed E-state index contributed by atoms with van der Waals surface area (Å²) in [6.45, 7) is 0. The Kier molecular flexibility index (Phi) is 6.29. The molecular formula is C46H38O. The van der Waals surface area contributed by atoms with Crippen LogP contribution in [0.3, 0.4) is 0 Å². The lowest BCUT2D eigenvalue weighted by atomic mass is 9.74. The Morgan fingerprint density at radius 1 is 0.596 bits per heavy atom. The average molecular weight is 607 g/mol. The van der Waals surface area contributed by atoms with Crippen molar-refractivity contribution < 1.29 is 4.74 Å². The standard InChI is InChI=1S/C46H38O/c1-2-11-33-27-34(22-19-29(33)9-1)30-17-20-32(21-18-30)44-37-13-5-7-15-39(37)45(40-16-8-6-14-38(40)44)35-24-25-42-41(28-35)46-36-12-4-3-10-31(36)23-26-43(46)47-42/h1,3-10,12-17,19-20,22-23,25-26,33,35,41H,2,11,18,21,24,27-28H2. The Hall–Kier alpha value is -4.88. The van der Waals surface area contributed by atoms with Crippen LogP contribution in [-0.2, 0) is 0 Å². The number of hydrogen-bond donors (Lipinski definition) is 0. The first-order valence-electron chi connectivity index (χ1n) is 17.6. The lowest BCUT2D eigenvalue weighted by molar-refractivity contribution is 0.392. The molecule has 0 saturated heterocycles. The van der Waals surface area contributed by atoms with Gasteiger partial charge in [0.05, 0.1) is 0 Å². The Bertz CT molecular complexity index is 2260. The highest BCUT2D eigenvalue weighted by molar-refractivity contribution is 6.12. The molecule has 5 aliphatic rings. The minimum atomic E-state index is 0.293. The van der Waals surface area contributed by atoms with E-state index in [0.717, 1.165) is 37.2 Å². The summed E-state index contributed by atoms with van der Waals surface area (Å²) in [4.78, 5) is 0. The summed E-state index contributed by atoms with van der Waals surface area (Å²) in [5, 5.41) is 8.24. The molecule has 0 fully saturated rings. The highest BCUT2D eigenvalue weighted by Crippen LogP contribution is 2.54. The molecule has 47 heavy (non-hydrogen) atoms. The van der Waals surface area contributed by atoms with Crippen molar-refractivity contribution in [2.24, 2.45) is 5.92 Å². The Balaban J connectivity index is 1.07. The molecule has 5 aromatic rings. The quantitative estimate of drug-likeness (QED) is 0.186. The number of benzene rings is 5. The lowest BCUT2D eigenvalue weighted by Crippen LogP contribution is -2.13. The summed E-state index contributed by atoms with van der Waals surface area (Å²) in [6.07, 6.45) is 24.7. The van der Waals surface area contributed by atoms with Crippen LogP contribution in [0.25, 0.3) is 37.9 Å². The van der Waals surface area contributed by atoms with Crippen LogP contribution in [0, 0.1) is 5.92 Å². The molecule has 10 rings (SSSR count). The van der Waals surface area contributed by atoms with E-state index in [2.05, 4.69) is 127 Å². The fraction of sp³-hybridized carbons (Fsp3) is 0.217. The molecule has 0 saturated carbocycles. The van der Waals surface area contributed by atoms with Crippen LogP contribution in [0.5, 0.6) is 5.75 Å². The van der Waals surface area contributed by atoms with Gasteiger partial charge in [-0.05, 0) is 135 Å². The number of hydrogen-bond acceptors (Lipinski definition) is 1. The highest BCUT2D eigenvalue weighted by atomic mass is 16.5. The van der Waals surface area contributed by atoms with Crippen molar-refractivity contribution in [2.75, 3.05) is 0 Å². The van der Waals surface area contributed by atoms with Crippen molar-refractivity contribution in [3.8, 4) is 5.75 Å². The van der Waals surface area contributed by atoms with Gasteiger partial charge < -0.3 is 4.74 Å². The summed E-state index contributed by atoms with van der Waals surface area (Å²) in [7, 11) is 0. The second-order valence-corrected chi connectivity index (χ2v) is 14.1. The van der Waals surface area contributed by atoms with Crippen LogP contribution in [-0.4, -0.2) is 0 Å². The molecule has 0 radical (unpaired) electrons. The Morgan fingerprint density at radius 2 is 1.30 bits per heavy atom. The van der Waals surface area contributed by atoms with Gasteiger partial charge in [0.1, 0.15) is 11.5 Å². The number of fused-ring (bicyclic) bond motifs is 8. The minimum absolute atomic E-state index is 0.293. The van der Waals surface area contributed by atoms with E-state index in [9.17, 15) is 0 Å². The SMILES string of the molecule is C1=CC2=CC=C(C3=CC=C(c4c5ccccc5c(C5CC=C6Oc7ccc8ccccc8c7C6C5)c5ccccc45)CC3)CC2CC1. The van der Waals surface area contributed by atoms with E-state index >= 15 is 0 Å². The summed E-state index contributed by atoms with van der Waals surface area (Å²) >= 11 is 0. The van der Waals surface area contributed by atoms with Gasteiger partial charge in [-0.3, -0.25) is 0 Å². The number of rotatable bonds is 3. The largest absolute Gasteiger partial charge is 0.461 e. The van der Waals surface area contributed by atoms with Crippen LogP contribution >= 0.6 is 0 Å². The van der Waals surface area contributed by atoms with Crippen molar-refractivity contribution in [3.05, 3.63) is 167 Å². The second kappa shape index (κ2) is 10.8. The van der Waals surface area contributed by atoms with Gasteiger partial charge in [0.2, 0.25) is 0 Å². The van der Waals surface area contributed by atoms with Gasteiger partial charge in [0, 0.05) is 11.5 Å². The van der Waals surface area contributed by atoms with Gasteiger partial charge >= 0.3 is 0 Å². The molecule has 5 aromatic carbocycles. The van der Waals surface area contributed by atoms with Crippen LogP contribution < -0.4 is 4.74 Å². The van der Waals surface area contributed by atoms with E-state index in [1.807, 2.05) is 0 Å². The third-order valence-corrected chi connectivity index (χ3v) is 11.6. The van der Waals surface area contributed by atoms with Crippen LogP contribution in [0.1, 0.15) is 73.5 Å². The molecule has 4 aliphatic carbocycles. The van der Waals surface area contributed by atoms with Gasteiger partial charge in [-0.25, -0.2) is 0 Å². The Labute approximate surface area is 277 Å². The van der Waals surface area contributed by atoms with Crippen molar-refractivity contribution in [2.45, 2.75) is 56.8 Å². The van der Waals surface area contributed by atoms with E-state index < -0.39 is 0 Å². The summed E-state index contributed by atoms with van der Waals surface area (Å²) in [6, 6.07) is 31.6. The molecule has 1 heteroatoms. The number of allylic oxidation sites excluding steroid dienone is 12. The lowest BCUT2D eigenvalue weighted by Gasteiger charge is -2.30. The fourth-order valence-electron chi connectivity index (χ4n) is 9.42. The van der Waals surface area contributed by atoms with E-state index in [-0.39, 0.29) is 0 Å². The molecule has 0 N–H and O–H groups in total. The molecule has 228 valence electrons. The summed E-state index contributed by atoms with van der Waals surface area (Å²) < 4.78 is 6.49. The van der Waals surface area contributed by atoms with E-state index in [4.69, 9.17) is 4.74 Å². The smallest absolute Gasteiger partial charge is 0.131 e. The van der Waals surface area contributed by atoms with Gasteiger partial charge in [-0.2, -0.15) is 0 Å². The van der Waals surface area contributed by atoms with Gasteiger partial charge in [0.15, 0.2) is 0 Å². The summed E-state index contributed by atoms with van der Waals surface area (Å²) in [5.41, 5.74) is 10.4. The zero-order chi connectivity index (χ0) is 30.9. The van der Waals surface area contributed by atoms with Gasteiger partial charge in [-0.15, -0.1) is 0 Å². The zero-order valence-corrected chi connectivity index (χ0v) is 26.7. The van der Waals surface area contributed by atoms with E-state index in [1.54, 1.807) is 5.57 Å². The van der Waals surface area contributed by atoms with E-state index in [1.165, 1.54) is 85.0 Å². The first-order chi connectivity index (χ1) is 23.3. The Morgan fingerprint density at radius 3 is 2.09 bits per heavy atom. The highest BCUT2D eigenvalue weighted by Gasteiger charge is 2.37. The molecule has 0 bridgehead atoms. The second-order valence-electron chi connectivity index (χ2n) is 14.1. The van der Waals surface area contributed by atoms with Crippen molar-refractivity contribution in [1.82, 2.24) is 0 Å². The van der Waals surface area contributed by atoms with Crippen molar-refractivity contribution in [1.29, 1.82) is 0 Å². The molecule has 0 amide bonds. The predicted molar refractivity (Wildman–Crippen MR) is 197 cm³/mol. The first kappa shape index (κ1) is 27.3. The molecular weight excluding hydrogens is 569 g/mol. The summed E-state index contributed by atoms with van der Waals surface area (Å²) in [5.74, 6) is 3.59. The minimum Gasteiger partial charge on any atom is -0.461 e. The molecule has 1 aliphatic heterocycles. The first-order valence-corrected chi connectivity index (χ1v) is 17.6. The molecule has 3 atom stereocenters. The molecule has 3 unspecified atom stereocenters. The van der Waals surface area contributed by atoms with E-state index in [0.29, 0.717) is 17.8 Å². The average Bonchev–Trinajstić information content (AvgIpc) is 3.52. The van der Waals surface area contributed by atoms with Crippen molar-refractivity contribution in [3.63, 3.8) is 0 Å². The van der Waals surface area contributed by atoms with Gasteiger partial charge in [-0.1, -0.05) is 115 Å². The van der Waals surface area contributed by atoms with Gasteiger partial charge in [0.25, 0.3) is 0 Å². The predicted octanol–water partition coefficient (Wildman–Crippen LogP) is 12.4.